The molecule has 3 aromatic heterocycles. The van der Waals surface area contributed by atoms with Crippen molar-refractivity contribution < 1.29 is 74.1 Å². The number of hydrogen-bond donors (Lipinski definition) is 0. The predicted octanol–water partition coefficient (Wildman–Crippen LogP) is 4.85. The SMILES string of the molecule is COc1cccc(-c2cccc(CN(Cc3ccccn3)Cc3ccccn3)n2)c1.O=S(=O)([O-])C(F)(F)F.O=S(=O)([O-])C(F)(F)F.[Fe+3]. The second kappa shape index (κ2) is 18.0. The molecule has 4 rings (SSSR count). The van der Waals surface area contributed by atoms with Crippen molar-refractivity contribution in [2.24, 2.45) is 0 Å². The molecule has 0 spiro atoms. The summed E-state index contributed by atoms with van der Waals surface area (Å²) in [7, 11) is -10.5. The minimum Gasteiger partial charge on any atom is -0.741 e. The van der Waals surface area contributed by atoms with Gasteiger partial charge in [-0.15, -0.1) is 0 Å². The molecule has 255 valence electrons. The van der Waals surface area contributed by atoms with E-state index in [1.807, 2.05) is 79.1 Å². The van der Waals surface area contributed by atoms with Gasteiger partial charge in [-0.1, -0.05) is 30.3 Å². The third kappa shape index (κ3) is 14.8. The first kappa shape index (κ1) is 41.4. The van der Waals surface area contributed by atoms with Crippen LogP contribution in [0.4, 0.5) is 26.3 Å². The van der Waals surface area contributed by atoms with E-state index < -0.39 is 31.3 Å². The minimum absolute atomic E-state index is 0. The third-order valence-corrected chi connectivity index (χ3v) is 6.48. The first-order valence-electron chi connectivity index (χ1n) is 12.5. The van der Waals surface area contributed by atoms with Gasteiger partial charge in [0.2, 0.25) is 0 Å². The van der Waals surface area contributed by atoms with Gasteiger partial charge in [-0.3, -0.25) is 19.9 Å². The average Bonchev–Trinajstić information content (AvgIpc) is 2.97. The van der Waals surface area contributed by atoms with Crippen LogP contribution >= 0.6 is 0 Å². The Labute approximate surface area is 276 Å². The molecule has 4 aromatic rings. The first-order valence-corrected chi connectivity index (χ1v) is 15.3. The van der Waals surface area contributed by atoms with Gasteiger partial charge in [0.15, 0.2) is 20.2 Å². The molecule has 0 unspecified atom stereocenters. The van der Waals surface area contributed by atoms with Crippen molar-refractivity contribution >= 4 is 20.2 Å². The molecule has 0 fully saturated rings. The fraction of sp³-hybridized carbons (Fsp3) is 0.222. The van der Waals surface area contributed by atoms with Gasteiger partial charge in [-0.25, -0.2) is 16.8 Å². The van der Waals surface area contributed by atoms with Gasteiger partial charge in [-0.05, 0) is 48.5 Å². The van der Waals surface area contributed by atoms with Crippen molar-refractivity contribution in [3.05, 3.63) is 108 Å². The molecule has 0 aliphatic heterocycles. The maximum atomic E-state index is 10.7. The third-order valence-electron chi connectivity index (χ3n) is 5.35. The van der Waals surface area contributed by atoms with Crippen molar-refractivity contribution in [2.45, 2.75) is 30.7 Å². The molecule has 0 aliphatic rings. The molecule has 3 heterocycles. The van der Waals surface area contributed by atoms with Crippen LogP contribution in [0, 0.1) is 0 Å². The summed E-state index contributed by atoms with van der Waals surface area (Å²) in [5, 5.41) is 0. The van der Waals surface area contributed by atoms with Crippen LogP contribution in [0.15, 0.2) is 91.3 Å². The van der Waals surface area contributed by atoms with Crippen LogP contribution in [0.5, 0.6) is 5.75 Å². The summed E-state index contributed by atoms with van der Waals surface area (Å²) in [6.45, 7) is 2.15. The normalized spacial score (nSPS) is 11.7. The van der Waals surface area contributed by atoms with E-state index in [4.69, 9.17) is 35.7 Å². The van der Waals surface area contributed by atoms with E-state index in [2.05, 4.69) is 27.0 Å². The summed E-state index contributed by atoms with van der Waals surface area (Å²) in [5.74, 6) is 0.826. The number of pyridine rings is 3. The zero-order chi connectivity index (χ0) is 34.6. The summed E-state index contributed by atoms with van der Waals surface area (Å²) in [4.78, 5) is 16.2. The minimum atomic E-state index is -6.09. The molecule has 1 aromatic carbocycles. The number of hydrogen-bond acceptors (Lipinski definition) is 11. The van der Waals surface area contributed by atoms with Crippen LogP contribution in [0.1, 0.15) is 17.1 Å². The topological polar surface area (TPSA) is 166 Å². The zero-order valence-electron chi connectivity index (χ0n) is 23.9. The Hall–Kier alpha value is -3.65. The Morgan fingerprint density at radius 1 is 0.681 bits per heavy atom. The largest absolute Gasteiger partial charge is 3.00 e. The number of aromatic nitrogens is 3. The van der Waals surface area contributed by atoms with Crippen LogP contribution < -0.4 is 4.74 Å². The number of benzene rings is 1. The smallest absolute Gasteiger partial charge is 0.741 e. The summed E-state index contributed by atoms with van der Waals surface area (Å²) < 4.78 is 123. The van der Waals surface area contributed by atoms with Crippen molar-refractivity contribution in [3.8, 4) is 17.0 Å². The Morgan fingerprint density at radius 3 is 1.51 bits per heavy atom. The number of halogens is 6. The number of rotatable bonds is 8. The molecule has 0 saturated heterocycles. The number of ether oxygens (including phenoxy) is 1. The Kier molecular flexibility index (Phi) is 15.9. The summed E-state index contributed by atoms with van der Waals surface area (Å²) in [6.07, 6.45) is 3.66. The number of nitrogens with zero attached hydrogens (tertiary/aromatic N) is 4. The number of methoxy groups -OCH3 is 1. The van der Waals surface area contributed by atoms with E-state index in [1.165, 1.54) is 0 Å². The van der Waals surface area contributed by atoms with Gasteiger partial charge >= 0.3 is 28.1 Å². The molecule has 0 atom stereocenters. The Bertz CT molecular complexity index is 1670. The van der Waals surface area contributed by atoms with Gasteiger partial charge in [0.1, 0.15) is 5.75 Å². The molecule has 11 nitrogen and oxygen atoms in total. The maximum absolute atomic E-state index is 10.7. The maximum Gasteiger partial charge on any atom is 3.00 e. The quantitative estimate of drug-likeness (QED) is 0.105. The molecule has 0 aliphatic carbocycles. The Balaban J connectivity index is 0.000000541. The summed E-state index contributed by atoms with van der Waals surface area (Å²) in [6, 6.07) is 26.1. The predicted molar refractivity (Wildman–Crippen MR) is 149 cm³/mol. The summed E-state index contributed by atoms with van der Waals surface area (Å²) >= 11 is 0. The second-order valence-electron chi connectivity index (χ2n) is 8.83. The van der Waals surface area contributed by atoms with E-state index in [9.17, 15) is 26.3 Å². The second-order valence-corrected chi connectivity index (χ2v) is 11.6. The van der Waals surface area contributed by atoms with Gasteiger partial charge in [-0.2, -0.15) is 26.3 Å². The molecule has 0 saturated carbocycles. The fourth-order valence-electron chi connectivity index (χ4n) is 3.35. The Morgan fingerprint density at radius 2 is 1.11 bits per heavy atom. The van der Waals surface area contributed by atoms with E-state index in [-0.39, 0.29) is 17.1 Å². The van der Waals surface area contributed by atoms with Crippen LogP contribution in [0.3, 0.4) is 0 Å². The molecule has 0 N–H and O–H groups in total. The fourth-order valence-corrected chi connectivity index (χ4v) is 3.35. The first-order chi connectivity index (χ1) is 21.3. The van der Waals surface area contributed by atoms with Crippen molar-refractivity contribution in [1.82, 2.24) is 19.9 Å². The summed E-state index contributed by atoms with van der Waals surface area (Å²) in [5.41, 5.74) is -6.27. The van der Waals surface area contributed by atoms with E-state index >= 15 is 0 Å². The van der Waals surface area contributed by atoms with Crippen molar-refractivity contribution in [2.75, 3.05) is 7.11 Å². The van der Waals surface area contributed by atoms with Crippen molar-refractivity contribution in [3.63, 3.8) is 0 Å². The van der Waals surface area contributed by atoms with E-state index in [0.29, 0.717) is 6.54 Å². The molecule has 47 heavy (non-hydrogen) atoms. The van der Waals surface area contributed by atoms with Crippen LogP contribution in [-0.2, 0) is 56.9 Å². The van der Waals surface area contributed by atoms with Crippen LogP contribution in [0.25, 0.3) is 11.3 Å². The van der Waals surface area contributed by atoms with Gasteiger partial charge in [0.25, 0.3) is 0 Å². The zero-order valence-corrected chi connectivity index (χ0v) is 26.6. The molecule has 20 heteroatoms. The molecule has 0 bridgehead atoms. The molecular weight excluding hydrogens is 726 g/mol. The molecular formula is C27H24F6FeN4O7S2+. The van der Waals surface area contributed by atoms with Crippen LogP contribution in [-0.4, -0.2) is 63.9 Å². The van der Waals surface area contributed by atoms with E-state index in [1.54, 1.807) is 7.11 Å². The average molecular weight is 750 g/mol. The van der Waals surface area contributed by atoms with Crippen molar-refractivity contribution in [1.29, 1.82) is 0 Å². The molecule has 0 amide bonds. The van der Waals surface area contributed by atoms with Gasteiger partial charge in [0.05, 0.1) is 29.9 Å². The monoisotopic (exact) mass is 750 g/mol. The van der Waals surface area contributed by atoms with Gasteiger partial charge < -0.3 is 13.8 Å². The standard InChI is InChI=1S/C25H24N4O.2CHF3O3S.Fe/c1-30-24-12-6-8-20(16-24)25-13-7-11-23(28-25)19-29(17-21-9-2-4-14-26-21)18-22-10-3-5-15-27-22;2*2-1(3,4)8(5,6)7;/h2-16H,17-19H2,1H3;2*(H,5,6,7);/q;;;+3/p-2. The van der Waals surface area contributed by atoms with Crippen LogP contribution in [0.2, 0.25) is 0 Å². The van der Waals surface area contributed by atoms with Gasteiger partial charge in [0, 0.05) is 37.6 Å². The molecule has 1 radical (unpaired) electrons. The number of alkyl halides is 6. The van der Waals surface area contributed by atoms with E-state index in [0.717, 1.165) is 47.2 Å².